The number of benzene rings is 1. The van der Waals surface area contributed by atoms with E-state index in [0.29, 0.717) is 0 Å². The first-order valence-corrected chi connectivity index (χ1v) is 7.79. The van der Waals surface area contributed by atoms with E-state index in [-0.39, 0.29) is 0 Å². The smallest absolute Gasteiger partial charge is 0.137 e. The average Bonchev–Trinajstić information content (AvgIpc) is 2.89. The second kappa shape index (κ2) is 5.94. The van der Waals surface area contributed by atoms with Crippen LogP contribution in [0.5, 0.6) is 0 Å². The summed E-state index contributed by atoms with van der Waals surface area (Å²) < 4.78 is 1.03. The van der Waals surface area contributed by atoms with Gasteiger partial charge in [-0.05, 0) is 46.6 Å². The van der Waals surface area contributed by atoms with Gasteiger partial charge < -0.3 is 10.2 Å². The second-order valence-corrected chi connectivity index (χ2v) is 5.86. The molecule has 1 aromatic heterocycles. The van der Waals surface area contributed by atoms with E-state index in [1.165, 1.54) is 16.8 Å². The molecule has 0 spiro atoms. The summed E-state index contributed by atoms with van der Waals surface area (Å²) in [5.41, 5.74) is 3.93. The Morgan fingerprint density at radius 1 is 1.35 bits per heavy atom. The first-order chi connectivity index (χ1) is 9.79. The van der Waals surface area contributed by atoms with E-state index in [2.05, 4.69) is 68.4 Å². The average molecular weight is 332 g/mol. The summed E-state index contributed by atoms with van der Waals surface area (Å²) in [5.74, 6) is 1.07. The van der Waals surface area contributed by atoms with Crippen molar-refractivity contribution >= 4 is 27.4 Å². The molecule has 4 heteroatoms. The molecule has 1 N–H and O–H groups in total. The molecule has 0 atom stereocenters. The van der Waals surface area contributed by atoms with Gasteiger partial charge in [0.05, 0.1) is 0 Å². The van der Waals surface area contributed by atoms with Gasteiger partial charge in [-0.15, -0.1) is 0 Å². The van der Waals surface area contributed by atoms with Gasteiger partial charge in [0, 0.05) is 35.0 Å². The van der Waals surface area contributed by atoms with Gasteiger partial charge in [-0.25, -0.2) is 4.98 Å². The Bertz CT molecular complexity index is 612. The highest BCUT2D eigenvalue weighted by molar-refractivity contribution is 9.10. The predicted molar refractivity (Wildman–Crippen MR) is 86.5 cm³/mol. The zero-order chi connectivity index (χ0) is 13.9. The summed E-state index contributed by atoms with van der Waals surface area (Å²) in [7, 11) is 0. The molecule has 0 radical (unpaired) electrons. The third-order valence-corrected chi connectivity index (χ3v) is 4.05. The van der Waals surface area contributed by atoms with Gasteiger partial charge in [-0.2, -0.15) is 0 Å². The summed E-state index contributed by atoms with van der Waals surface area (Å²) in [5, 5.41) is 3.39. The van der Waals surface area contributed by atoms with E-state index in [1.54, 1.807) is 0 Å². The lowest BCUT2D eigenvalue weighted by Gasteiger charge is -2.21. The van der Waals surface area contributed by atoms with E-state index in [4.69, 9.17) is 0 Å². The Morgan fingerprint density at radius 3 is 3.05 bits per heavy atom. The van der Waals surface area contributed by atoms with Gasteiger partial charge in [0.1, 0.15) is 5.82 Å². The SMILES string of the molecule is CCNCc1cc(Br)cnc1N1CCc2ccccc21. The van der Waals surface area contributed by atoms with Crippen LogP contribution in [-0.4, -0.2) is 18.1 Å². The number of aromatic nitrogens is 1. The standard InChI is InChI=1S/C16H18BrN3/c1-2-18-10-13-9-14(17)11-19-16(13)20-8-7-12-5-3-4-6-15(12)20/h3-6,9,11,18H,2,7-8,10H2,1H3. The molecule has 0 bridgehead atoms. The Morgan fingerprint density at radius 2 is 2.20 bits per heavy atom. The Balaban J connectivity index is 1.98. The van der Waals surface area contributed by atoms with Crippen molar-refractivity contribution in [3.63, 3.8) is 0 Å². The van der Waals surface area contributed by atoms with Crippen molar-refractivity contribution in [2.45, 2.75) is 19.9 Å². The van der Waals surface area contributed by atoms with Crippen molar-refractivity contribution in [2.75, 3.05) is 18.0 Å². The van der Waals surface area contributed by atoms with E-state index >= 15 is 0 Å². The molecule has 0 amide bonds. The van der Waals surface area contributed by atoms with Crippen LogP contribution in [0.15, 0.2) is 41.0 Å². The number of hydrogen-bond donors (Lipinski definition) is 1. The molecule has 0 unspecified atom stereocenters. The topological polar surface area (TPSA) is 28.2 Å². The van der Waals surface area contributed by atoms with Crippen LogP contribution in [0.3, 0.4) is 0 Å². The van der Waals surface area contributed by atoms with Crippen molar-refractivity contribution in [1.29, 1.82) is 0 Å². The zero-order valence-corrected chi connectivity index (χ0v) is 13.2. The van der Waals surface area contributed by atoms with Crippen LogP contribution in [-0.2, 0) is 13.0 Å². The molecule has 1 aliphatic rings. The van der Waals surface area contributed by atoms with Crippen molar-refractivity contribution in [2.24, 2.45) is 0 Å². The number of rotatable bonds is 4. The molecule has 1 aromatic carbocycles. The van der Waals surface area contributed by atoms with Gasteiger partial charge in [0.2, 0.25) is 0 Å². The molecular formula is C16H18BrN3. The third kappa shape index (κ3) is 2.58. The molecule has 0 saturated heterocycles. The molecule has 0 saturated carbocycles. The van der Waals surface area contributed by atoms with Crippen LogP contribution < -0.4 is 10.2 Å². The second-order valence-electron chi connectivity index (χ2n) is 4.95. The van der Waals surface area contributed by atoms with Gasteiger partial charge in [-0.3, -0.25) is 0 Å². The van der Waals surface area contributed by atoms with Crippen LogP contribution in [0.2, 0.25) is 0 Å². The molecule has 3 rings (SSSR count). The lowest BCUT2D eigenvalue weighted by molar-refractivity contribution is 0.722. The van der Waals surface area contributed by atoms with Crippen LogP contribution >= 0.6 is 15.9 Å². The normalized spacial score (nSPS) is 13.6. The Labute approximate surface area is 128 Å². The molecular weight excluding hydrogens is 314 g/mol. The Hall–Kier alpha value is -1.39. The third-order valence-electron chi connectivity index (χ3n) is 3.62. The van der Waals surface area contributed by atoms with Crippen LogP contribution in [0.25, 0.3) is 0 Å². The summed E-state index contributed by atoms with van der Waals surface area (Å²) in [6.07, 6.45) is 2.97. The molecule has 2 heterocycles. The number of pyridine rings is 1. The summed E-state index contributed by atoms with van der Waals surface area (Å²) in [6.45, 7) is 4.93. The quantitative estimate of drug-likeness (QED) is 0.926. The maximum absolute atomic E-state index is 4.65. The van der Waals surface area contributed by atoms with Gasteiger partial charge in [-0.1, -0.05) is 25.1 Å². The number of anilines is 2. The summed E-state index contributed by atoms with van der Waals surface area (Å²) in [6, 6.07) is 10.8. The minimum atomic E-state index is 0.844. The van der Waals surface area contributed by atoms with Gasteiger partial charge >= 0.3 is 0 Å². The van der Waals surface area contributed by atoms with E-state index < -0.39 is 0 Å². The maximum Gasteiger partial charge on any atom is 0.137 e. The number of nitrogens with one attached hydrogen (secondary N) is 1. The number of hydrogen-bond acceptors (Lipinski definition) is 3. The van der Waals surface area contributed by atoms with Crippen molar-refractivity contribution in [3.05, 3.63) is 52.1 Å². The molecule has 104 valence electrons. The van der Waals surface area contributed by atoms with Crippen LogP contribution in [0, 0.1) is 0 Å². The van der Waals surface area contributed by atoms with Gasteiger partial charge in [0.25, 0.3) is 0 Å². The zero-order valence-electron chi connectivity index (χ0n) is 11.6. The predicted octanol–water partition coefficient (Wildman–Crippen LogP) is 3.65. The molecule has 20 heavy (non-hydrogen) atoms. The molecule has 0 aliphatic carbocycles. The van der Waals surface area contributed by atoms with E-state index in [1.807, 2.05) is 6.20 Å². The Kier molecular flexibility index (Phi) is 4.03. The first kappa shape index (κ1) is 13.6. The minimum Gasteiger partial charge on any atom is -0.326 e. The molecule has 3 nitrogen and oxygen atoms in total. The maximum atomic E-state index is 4.65. The lowest BCUT2D eigenvalue weighted by atomic mass is 10.2. The number of fused-ring (bicyclic) bond motifs is 1. The number of halogens is 1. The van der Waals surface area contributed by atoms with E-state index in [0.717, 1.165) is 36.3 Å². The lowest BCUT2D eigenvalue weighted by Crippen LogP contribution is -2.20. The van der Waals surface area contributed by atoms with Crippen molar-refractivity contribution in [1.82, 2.24) is 10.3 Å². The van der Waals surface area contributed by atoms with Crippen molar-refractivity contribution in [3.8, 4) is 0 Å². The highest BCUT2D eigenvalue weighted by Gasteiger charge is 2.22. The monoisotopic (exact) mass is 331 g/mol. The fourth-order valence-electron chi connectivity index (χ4n) is 2.67. The van der Waals surface area contributed by atoms with Crippen LogP contribution in [0.1, 0.15) is 18.1 Å². The largest absolute Gasteiger partial charge is 0.326 e. The first-order valence-electron chi connectivity index (χ1n) is 7.00. The highest BCUT2D eigenvalue weighted by Crippen LogP contribution is 2.35. The highest BCUT2D eigenvalue weighted by atomic mass is 79.9. The summed E-state index contributed by atoms with van der Waals surface area (Å²) >= 11 is 3.52. The van der Waals surface area contributed by atoms with Crippen molar-refractivity contribution < 1.29 is 0 Å². The molecule has 2 aromatic rings. The van der Waals surface area contributed by atoms with Gasteiger partial charge in [0.15, 0.2) is 0 Å². The minimum absolute atomic E-state index is 0.844. The molecule has 0 fully saturated rings. The summed E-state index contributed by atoms with van der Waals surface area (Å²) in [4.78, 5) is 6.98. The fraction of sp³-hybridized carbons (Fsp3) is 0.312. The number of nitrogens with zero attached hydrogens (tertiary/aromatic N) is 2. The number of para-hydroxylation sites is 1. The fourth-order valence-corrected chi connectivity index (χ4v) is 3.04. The molecule has 1 aliphatic heterocycles. The van der Waals surface area contributed by atoms with E-state index in [9.17, 15) is 0 Å². The van der Waals surface area contributed by atoms with Crippen LogP contribution in [0.4, 0.5) is 11.5 Å².